The molecular weight excluding hydrogens is 378 g/mol. The Balaban J connectivity index is 2.14. The molecule has 5 heteroatoms. The van der Waals surface area contributed by atoms with Gasteiger partial charge in [0.15, 0.2) is 4.90 Å². The van der Waals surface area contributed by atoms with Crippen molar-refractivity contribution in [1.29, 1.82) is 0 Å². The lowest BCUT2D eigenvalue weighted by Gasteiger charge is -2.03. The predicted molar refractivity (Wildman–Crippen MR) is 82.3 cm³/mol. The fraction of sp³-hybridized carbons (Fsp3) is 0. The van der Waals surface area contributed by atoms with Gasteiger partial charge in [-0.05, 0) is 45.8 Å². The molecule has 18 heavy (non-hydrogen) atoms. The molecular formula is C13H9Br2NOS. The lowest BCUT2D eigenvalue weighted by Crippen LogP contribution is -1.98. The van der Waals surface area contributed by atoms with Gasteiger partial charge in [0, 0.05) is 4.47 Å². The van der Waals surface area contributed by atoms with Gasteiger partial charge in [-0.25, -0.2) is 0 Å². The Morgan fingerprint density at radius 2 is 1.67 bits per heavy atom. The average molecular weight is 387 g/mol. The quantitative estimate of drug-likeness (QED) is 0.570. The van der Waals surface area contributed by atoms with Crippen LogP contribution in [0.4, 0.5) is 0 Å². The summed E-state index contributed by atoms with van der Waals surface area (Å²) in [7, 11) is 0. The lowest BCUT2D eigenvalue weighted by molar-refractivity contribution is 0.596. The zero-order valence-electron chi connectivity index (χ0n) is 9.22. The minimum Gasteiger partial charge on any atom is -0.586 e. The summed E-state index contributed by atoms with van der Waals surface area (Å²) < 4.78 is 17.8. The lowest BCUT2D eigenvalue weighted by atomic mass is 10.2. The van der Waals surface area contributed by atoms with E-state index < -0.39 is 11.4 Å². The van der Waals surface area contributed by atoms with Gasteiger partial charge in [-0.2, -0.15) is 0 Å². The highest BCUT2D eigenvalue weighted by molar-refractivity contribution is 9.10. The van der Waals surface area contributed by atoms with Crippen LogP contribution in [0, 0.1) is 0 Å². The van der Waals surface area contributed by atoms with E-state index in [0.29, 0.717) is 4.90 Å². The first-order valence-corrected chi connectivity index (χ1v) is 7.82. The molecule has 2 aromatic rings. The first-order chi connectivity index (χ1) is 8.66. The summed E-state index contributed by atoms with van der Waals surface area (Å²) in [4.78, 5) is 0.672. The number of benzene rings is 2. The van der Waals surface area contributed by atoms with Gasteiger partial charge < -0.3 is 4.55 Å². The maximum absolute atomic E-state index is 12.0. The summed E-state index contributed by atoms with van der Waals surface area (Å²) in [6.45, 7) is 0. The largest absolute Gasteiger partial charge is 0.586 e. The van der Waals surface area contributed by atoms with E-state index in [0.717, 1.165) is 14.5 Å². The number of halogens is 2. The Morgan fingerprint density at radius 1 is 1.00 bits per heavy atom. The second-order valence-electron chi connectivity index (χ2n) is 3.47. The molecule has 92 valence electrons. The second kappa shape index (κ2) is 6.52. The van der Waals surface area contributed by atoms with Crippen LogP contribution < -0.4 is 0 Å². The van der Waals surface area contributed by atoms with Gasteiger partial charge in [0.2, 0.25) is 0 Å². The van der Waals surface area contributed by atoms with Crippen LogP contribution in [0.1, 0.15) is 5.56 Å². The smallest absolute Gasteiger partial charge is 0.196 e. The first kappa shape index (κ1) is 13.8. The molecule has 0 heterocycles. The van der Waals surface area contributed by atoms with Gasteiger partial charge in [-0.15, -0.1) is 0 Å². The normalized spacial score (nSPS) is 12.8. The molecule has 0 aliphatic rings. The standard InChI is InChI=1S/C13H9Br2NOS/c14-11-7-5-10(6-8-11)9-16-18(17)13-4-2-1-3-12(13)15/h1-9H. The third kappa shape index (κ3) is 3.68. The van der Waals surface area contributed by atoms with Crippen LogP contribution in [0.15, 0.2) is 66.8 Å². The summed E-state index contributed by atoms with van der Waals surface area (Å²) in [5.74, 6) is 0. The molecule has 0 saturated carbocycles. The van der Waals surface area contributed by atoms with E-state index in [4.69, 9.17) is 0 Å². The molecule has 2 rings (SSSR count). The molecule has 2 nitrogen and oxygen atoms in total. The second-order valence-corrected chi connectivity index (χ2v) is 6.38. The van der Waals surface area contributed by atoms with E-state index in [9.17, 15) is 4.55 Å². The topological polar surface area (TPSA) is 35.4 Å². The predicted octanol–water partition coefficient (Wildman–Crippen LogP) is 4.35. The Kier molecular flexibility index (Phi) is 5.00. The Labute approximate surface area is 126 Å². The van der Waals surface area contributed by atoms with E-state index in [1.54, 1.807) is 12.3 Å². The minimum atomic E-state index is -1.39. The van der Waals surface area contributed by atoms with Crippen LogP contribution in [0.3, 0.4) is 0 Å². The molecule has 0 spiro atoms. The molecule has 0 saturated heterocycles. The van der Waals surface area contributed by atoms with Crippen molar-refractivity contribution in [3.8, 4) is 0 Å². The molecule has 1 unspecified atom stereocenters. The third-order valence-electron chi connectivity index (χ3n) is 2.19. The zero-order chi connectivity index (χ0) is 13.0. The van der Waals surface area contributed by atoms with Crippen LogP contribution in [0.5, 0.6) is 0 Å². The van der Waals surface area contributed by atoms with Crippen LogP contribution >= 0.6 is 31.9 Å². The van der Waals surface area contributed by atoms with Crippen molar-refractivity contribution in [3.05, 3.63) is 63.0 Å². The van der Waals surface area contributed by atoms with Crippen molar-refractivity contribution in [1.82, 2.24) is 0 Å². The first-order valence-electron chi connectivity index (χ1n) is 5.13. The summed E-state index contributed by atoms with van der Waals surface area (Å²) >= 11 is 5.33. The van der Waals surface area contributed by atoms with E-state index >= 15 is 0 Å². The zero-order valence-corrected chi connectivity index (χ0v) is 13.2. The van der Waals surface area contributed by atoms with E-state index in [1.165, 1.54) is 0 Å². The van der Waals surface area contributed by atoms with Crippen LogP contribution in [-0.2, 0) is 11.4 Å². The number of rotatable bonds is 3. The highest BCUT2D eigenvalue weighted by atomic mass is 79.9. The van der Waals surface area contributed by atoms with Gasteiger partial charge in [0.25, 0.3) is 0 Å². The van der Waals surface area contributed by atoms with Gasteiger partial charge >= 0.3 is 0 Å². The Bertz CT molecular complexity index is 557. The van der Waals surface area contributed by atoms with Crippen molar-refractivity contribution in [3.63, 3.8) is 0 Å². The van der Waals surface area contributed by atoms with Crippen molar-refractivity contribution >= 4 is 49.4 Å². The van der Waals surface area contributed by atoms with E-state index in [-0.39, 0.29) is 0 Å². The van der Waals surface area contributed by atoms with Gasteiger partial charge in [-0.1, -0.05) is 44.6 Å². The van der Waals surface area contributed by atoms with E-state index in [2.05, 4.69) is 36.3 Å². The van der Waals surface area contributed by atoms with Gasteiger partial charge in [0.1, 0.15) is 11.4 Å². The van der Waals surface area contributed by atoms with Gasteiger partial charge in [0.05, 0.1) is 10.7 Å². The molecule has 0 aliphatic carbocycles. The number of hydrogen-bond acceptors (Lipinski definition) is 2. The van der Waals surface area contributed by atoms with Crippen LogP contribution in [0.25, 0.3) is 0 Å². The van der Waals surface area contributed by atoms with Crippen LogP contribution in [0.2, 0.25) is 0 Å². The average Bonchev–Trinajstić information content (AvgIpc) is 2.38. The number of hydrogen-bond donors (Lipinski definition) is 0. The summed E-state index contributed by atoms with van der Waals surface area (Å²) in [6, 6.07) is 15.0. The highest BCUT2D eigenvalue weighted by Crippen LogP contribution is 2.22. The maximum Gasteiger partial charge on any atom is 0.196 e. The highest BCUT2D eigenvalue weighted by Gasteiger charge is 2.12. The molecule has 0 fully saturated rings. The summed E-state index contributed by atoms with van der Waals surface area (Å²) in [5.41, 5.74) is 0.915. The van der Waals surface area contributed by atoms with Crippen molar-refractivity contribution < 1.29 is 4.55 Å². The fourth-order valence-corrected chi connectivity index (χ4v) is 3.03. The maximum atomic E-state index is 12.0. The Hall–Kier alpha value is -0.620. The molecule has 0 radical (unpaired) electrons. The molecule has 2 aromatic carbocycles. The van der Waals surface area contributed by atoms with Crippen molar-refractivity contribution in [2.75, 3.05) is 0 Å². The molecule has 0 amide bonds. The third-order valence-corrected chi connectivity index (χ3v) is 4.70. The van der Waals surface area contributed by atoms with Crippen molar-refractivity contribution in [2.45, 2.75) is 4.90 Å². The summed E-state index contributed by atoms with van der Waals surface area (Å²) in [6.07, 6.45) is 1.61. The minimum absolute atomic E-state index is 0.672. The molecule has 0 bridgehead atoms. The number of nitrogens with zero attached hydrogens (tertiary/aromatic N) is 1. The molecule has 0 aromatic heterocycles. The Morgan fingerprint density at radius 3 is 2.33 bits per heavy atom. The fourth-order valence-electron chi connectivity index (χ4n) is 1.30. The molecule has 0 N–H and O–H groups in total. The van der Waals surface area contributed by atoms with Crippen LogP contribution in [-0.4, -0.2) is 10.8 Å². The summed E-state index contributed by atoms with van der Waals surface area (Å²) in [5, 5.41) is 0. The van der Waals surface area contributed by atoms with E-state index in [1.807, 2.05) is 42.5 Å². The molecule has 0 aliphatic heterocycles. The molecule has 1 atom stereocenters. The van der Waals surface area contributed by atoms with Crippen molar-refractivity contribution in [2.24, 2.45) is 4.40 Å². The van der Waals surface area contributed by atoms with Gasteiger partial charge in [-0.3, -0.25) is 0 Å². The monoisotopic (exact) mass is 385 g/mol. The SMILES string of the molecule is [O-][S+](N=Cc1ccc(Br)cc1)c1ccccc1Br.